The monoisotopic (exact) mass is 259 g/mol. The predicted octanol–water partition coefficient (Wildman–Crippen LogP) is 3.29. The van der Waals surface area contributed by atoms with Crippen molar-refractivity contribution in [1.29, 1.82) is 0 Å². The molecule has 17 heavy (non-hydrogen) atoms. The molecule has 0 aliphatic heterocycles. The van der Waals surface area contributed by atoms with Crippen molar-refractivity contribution in [3.05, 3.63) is 47.1 Å². The van der Waals surface area contributed by atoms with Crippen molar-refractivity contribution in [3.8, 4) is 0 Å². The lowest BCUT2D eigenvalue weighted by Crippen LogP contribution is -2.01. The zero-order chi connectivity index (χ0) is 12.4. The molecule has 0 saturated carbocycles. The molecule has 88 valence electrons. The Hall–Kier alpha value is -1.82. The summed E-state index contributed by atoms with van der Waals surface area (Å²) >= 11 is 5.66. The highest BCUT2D eigenvalue weighted by Gasteiger charge is 2.13. The Balaban J connectivity index is 2.40. The van der Waals surface area contributed by atoms with Crippen LogP contribution in [0.15, 0.2) is 24.5 Å². The summed E-state index contributed by atoms with van der Waals surface area (Å²) in [6.45, 7) is 0. The zero-order valence-electron chi connectivity index (χ0n) is 8.22. The third kappa shape index (κ3) is 2.47. The van der Waals surface area contributed by atoms with Gasteiger partial charge in [0, 0.05) is 24.5 Å². The van der Waals surface area contributed by atoms with Gasteiger partial charge in [-0.1, -0.05) is 11.6 Å². The first kappa shape index (κ1) is 11.7. The number of nitrogens with one attached hydrogen (secondary N) is 1. The molecule has 2 aromatic rings. The summed E-state index contributed by atoms with van der Waals surface area (Å²) in [4.78, 5) is 7.42. The maximum atomic E-state index is 13.3. The van der Waals surface area contributed by atoms with Crippen molar-refractivity contribution in [2.45, 2.75) is 0 Å². The fourth-order valence-electron chi connectivity index (χ4n) is 1.18. The molecule has 0 saturated heterocycles. The Bertz CT molecular complexity index is 539. The number of nitrogens with zero attached hydrogens (tertiary/aromatic N) is 2. The van der Waals surface area contributed by atoms with Crippen LogP contribution < -0.4 is 5.32 Å². The van der Waals surface area contributed by atoms with E-state index in [1.165, 1.54) is 12.4 Å². The highest BCUT2D eigenvalue weighted by molar-refractivity contribution is 6.31. The van der Waals surface area contributed by atoms with Crippen molar-refractivity contribution < 1.29 is 13.2 Å². The minimum atomic E-state index is -1.08. The molecular weight excluding hydrogens is 255 g/mol. The van der Waals surface area contributed by atoms with Gasteiger partial charge in [-0.25, -0.2) is 23.1 Å². The molecule has 1 aromatic carbocycles. The summed E-state index contributed by atoms with van der Waals surface area (Å²) in [5.74, 6) is -3.18. The van der Waals surface area contributed by atoms with E-state index in [0.29, 0.717) is 12.1 Å². The van der Waals surface area contributed by atoms with Crippen LogP contribution in [-0.2, 0) is 0 Å². The molecule has 1 aromatic heterocycles. The SMILES string of the molecule is Fc1cc(F)c(Nc2nccnc2Cl)c(F)c1. The van der Waals surface area contributed by atoms with Crippen LogP contribution in [0.1, 0.15) is 0 Å². The average Bonchev–Trinajstić information content (AvgIpc) is 2.25. The van der Waals surface area contributed by atoms with Crippen LogP contribution in [0.5, 0.6) is 0 Å². The quantitative estimate of drug-likeness (QED) is 0.899. The van der Waals surface area contributed by atoms with Gasteiger partial charge in [0.15, 0.2) is 22.6 Å². The van der Waals surface area contributed by atoms with E-state index in [2.05, 4.69) is 15.3 Å². The molecule has 0 aliphatic rings. The van der Waals surface area contributed by atoms with Crippen LogP contribution in [0, 0.1) is 17.5 Å². The number of aromatic nitrogens is 2. The van der Waals surface area contributed by atoms with Gasteiger partial charge in [-0.3, -0.25) is 0 Å². The smallest absolute Gasteiger partial charge is 0.171 e. The van der Waals surface area contributed by atoms with Crippen LogP contribution >= 0.6 is 11.6 Å². The molecule has 3 nitrogen and oxygen atoms in total. The highest BCUT2D eigenvalue weighted by Crippen LogP contribution is 2.25. The lowest BCUT2D eigenvalue weighted by molar-refractivity contribution is 0.549. The molecule has 0 radical (unpaired) electrons. The van der Waals surface area contributed by atoms with Crippen LogP contribution in [0.2, 0.25) is 5.15 Å². The number of halogens is 4. The maximum absolute atomic E-state index is 13.3. The van der Waals surface area contributed by atoms with Gasteiger partial charge in [-0.15, -0.1) is 0 Å². The van der Waals surface area contributed by atoms with Crippen molar-refractivity contribution in [2.24, 2.45) is 0 Å². The lowest BCUT2D eigenvalue weighted by atomic mass is 10.3. The summed E-state index contributed by atoms with van der Waals surface area (Å²) in [5.41, 5.74) is -0.534. The summed E-state index contributed by atoms with van der Waals surface area (Å²) in [6.07, 6.45) is 2.62. The fraction of sp³-hybridized carbons (Fsp3) is 0. The van der Waals surface area contributed by atoms with Gasteiger partial charge in [0.25, 0.3) is 0 Å². The number of benzene rings is 1. The van der Waals surface area contributed by atoms with E-state index in [4.69, 9.17) is 11.6 Å². The summed E-state index contributed by atoms with van der Waals surface area (Å²) < 4.78 is 39.3. The van der Waals surface area contributed by atoms with Gasteiger partial charge >= 0.3 is 0 Å². The topological polar surface area (TPSA) is 37.8 Å². The standard InChI is InChI=1S/C10H5ClF3N3/c11-9-10(16-2-1-15-9)17-8-6(13)3-5(12)4-7(8)14/h1-4H,(H,16,17). The van der Waals surface area contributed by atoms with Crippen LogP contribution in [0.25, 0.3) is 0 Å². The van der Waals surface area contributed by atoms with Crippen molar-refractivity contribution in [2.75, 3.05) is 5.32 Å². The van der Waals surface area contributed by atoms with Crippen molar-refractivity contribution in [3.63, 3.8) is 0 Å². The van der Waals surface area contributed by atoms with Gasteiger partial charge in [0.2, 0.25) is 0 Å². The second-order valence-corrected chi connectivity index (χ2v) is 3.42. The van der Waals surface area contributed by atoms with Crippen molar-refractivity contribution >= 4 is 23.1 Å². The Morgan fingerprint density at radius 2 is 1.59 bits per heavy atom. The largest absolute Gasteiger partial charge is 0.333 e. The molecule has 0 bridgehead atoms. The summed E-state index contributed by atoms with van der Waals surface area (Å²) in [6, 6.07) is 1.10. The van der Waals surface area contributed by atoms with E-state index < -0.39 is 23.1 Å². The van der Waals surface area contributed by atoms with E-state index in [1.807, 2.05) is 0 Å². The van der Waals surface area contributed by atoms with Crippen LogP contribution in [-0.4, -0.2) is 9.97 Å². The van der Waals surface area contributed by atoms with Crippen LogP contribution in [0.4, 0.5) is 24.7 Å². The number of hydrogen-bond donors (Lipinski definition) is 1. The van der Waals surface area contributed by atoms with E-state index >= 15 is 0 Å². The molecule has 0 spiro atoms. The molecule has 0 fully saturated rings. The Kier molecular flexibility index (Phi) is 3.14. The van der Waals surface area contributed by atoms with Gasteiger partial charge in [-0.05, 0) is 0 Å². The first-order valence-corrected chi connectivity index (χ1v) is 4.84. The molecule has 0 unspecified atom stereocenters. The van der Waals surface area contributed by atoms with Crippen molar-refractivity contribution in [1.82, 2.24) is 9.97 Å². The first-order valence-electron chi connectivity index (χ1n) is 4.46. The predicted molar refractivity (Wildman–Crippen MR) is 56.6 cm³/mol. The molecular formula is C10H5ClF3N3. The van der Waals surface area contributed by atoms with E-state index in [1.54, 1.807) is 0 Å². The third-order valence-electron chi connectivity index (χ3n) is 1.90. The fourth-order valence-corrected chi connectivity index (χ4v) is 1.34. The van der Waals surface area contributed by atoms with Gasteiger partial charge in [0.1, 0.15) is 11.5 Å². The lowest BCUT2D eigenvalue weighted by Gasteiger charge is -2.08. The second-order valence-electron chi connectivity index (χ2n) is 3.07. The highest BCUT2D eigenvalue weighted by atomic mass is 35.5. The molecule has 1 N–H and O–H groups in total. The zero-order valence-corrected chi connectivity index (χ0v) is 8.97. The Morgan fingerprint density at radius 1 is 1.00 bits per heavy atom. The molecule has 1 heterocycles. The molecule has 0 aliphatic carbocycles. The normalized spacial score (nSPS) is 10.4. The molecule has 7 heteroatoms. The number of hydrogen-bond acceptors (Lipinski definition) is 3. The minimum absolute atomic E-state index is 0.0152. The van der Waals surface area contributed by atoms with Gasteiger partial charge < -0.3 is 5.32 Å². The van der Waals surface area contributed by atoms with Crippen LogP contribution in [0.3, 0.4) is 0 Å². The summed E-state index contributed by atoms with van der Waals surface area (Å²) in [7, 11) is 0. The van der Waals surface area contributed by atoms with Gasteiger partial charge in [0.05, 0.1) is 0 Å². The minimum Gasteiger partial charge on any atom is -0.333 e. The Labute approximate surface area is 99.3 Å². The van der Waals surface area contributed by atoms with E-state index in [-0.39, 0.29) is 11.0 Å². The second kappa shape index (κ2) is 4.58. The third-order valence-corrected chi connectivity index (χ3v) is 2.18. The average molecular weight is 260 g/mol. The Morgan fingerprint density at radius 3 is 2.18 bits per heavy atom. The molecule has 2 rings (SSSR count). The molecule has 0 amide bonds. The van der Waals surface area contributed by atoms with E-state index in [0.717, 1.165) is 0 Å². The van der Waals surface area contributed by atoms with E-state index in [9.17, 15) is 13.2 Å². The molecule has 0 atom stereocenters. The number of anilines is 2. The van der Waals surface area contributed by atoms with Gasteiger partial charge in [-0.2, -0.15) is 0 Å². The summed E-state index contributed by atoms with van der Waals surface area (Å²) in [5, 5.41) is 2.27. The maximum Gasteiger partial charge on any atom is 0.171 e. The first-order chi connectivity index (χ1) is 8.08. The number of rotatable bonds is 2.